The zero-order chi connectivity index (χ0) is 21.0. The molecule has 1 amide bonds. The molecule has 0 saturated carbocycles. The SMILES string of the molecule is CN=C(NCc1ccc(C(=O)N2CC(C)OC(C)C2)cc1)NC1CCS(=O)(=O)C1.I. The van der Waals surface area contributed by atoms with E-state index in [9.17, 15) is 13.2 Å². The van der Waals surface area contributed by atoms with Crippen LogP contribution in [-0.2, 0) is 21.1 Å². The molecule has 2 heterocycles. The van der Waals surface area contributed by atoms with Gasteiger partial charge in [0.15, 0.2) is 15.8 Å². The molecule has 8 nitrogen and oxygen atoms in total. The van der Waals surface area contributed by atoms with Crippen molar-refractivity contribution < 1.29 is 17.9 Å². The van der Waals surface area contributed by atoms with Crippen LogP contribution in [0.15, 0.2) is 29.3 Å². The summed E-state index contributed by atoms with van der Waals surface area (Å²) in [5.41, 5.74) is 1.67. The predicted octanol–water partition coefficient (Wildman–Crippen LogP) is 1.41. The Morgan fingerprint density at radius 2 is 1.83 bits per heavy atom. The van der Waals surface area contributed by atoms with Crippen molar-refractivity contribution in [2.45, 2.75) is 45.1 Å². The van der Waals surface area contributed by atoms with E-state index < -0.39 is 9.84 Å². The van der Waals surface area contributed by atoms with Crippen molar-refractivity contribution in [3.05, 3.63) is 35.4 Å². The number of carbonyl (C=O) groups excluding carboxylic acids is 1. The topological polar surface area (TPSA) is 100 Å². The van der Waals surface area contributed by atoms with Gasteiger partial charge in [0.2, 0.25) is 0 Å². The summed E-state index contributed by atoms with van der Waals surface area (Å²) in [6.45, 7) is 5.69. The molecule has 1 aromatic rings. The van der Waals surface area contributed by atoms with Gasteiger partial charge in [0.05, 0.1) is 23.7 Å². The van der Waals surface area contributed by atoms with Crippen LogP contribution in [0.25, 0.3) is 0 Å². The Kier molecular flexibility index (Phi) is 8.92. The molecule has 0 aliphatic carbocycles. The molecule has 3 atom stereocenters. The van der Waals surface area contributed by atoms with Crippen LogP contribution in [0.2, 0.25) is 0 Å². The molecule has 1 aromatic carbocycles. The number of guanidine groups is 1. The summed E-state index contributed by atoms with van der Waals surface area (Å²) in [7, 11) is -1.28. The molecule has 2 fully saturated rings. The summed E-state index contributed by atoms with van der Waals surface area (Å²) in [6.07, 6.45) is 0.680. The Balaban J connectivity index is 0.00000320. The van der Waals surface area contributed by atoms with Crippen molar-refractivity contribution in [1.29, 1.82) is 0 Å². The van der Waals surface area contributed by atoms with E-state index >= 15 is 0 Å². The maximum Gasteiger partial charge on any atom is 0.254 e. The number of ether oxygens (including phenoxy) is 1. The van der Waals surface area contributed by atoms with Crippen LogP contribution in [-0.4, -0.2) is 75.1 Å². The second-order valence-electron chi connectivity index (χ2n) is 7.83. The summed E-state index contributed by atoms with van der Waals surface area (Å²) in [6, 6.07) is 7.40. The van der Waals surface area contributed by atoms with E-state index in [1.807, 2.05) is 43.0 Å². The van der Waals surface area contributed by atoms with Gasteiger partial charge in [-0.05, 0) is 38.0 Å². The van der Waals surface area contributed by atoms with Gasteiger partial charge in [0.1, 0.15) is 0 Å². The normalized spacial score (nSPS) is 26.0. The standard InChI is InChI=1S/C20H30N4O4S.HI/c1-14-11-24(12-15(2)28-14)19(25)17-6-4-16(5-7-17)10-22-20(21-3)23-18-8-9-29(26,27)13-18;/h4-7,14-15,18H,8-13H2,1-3H3,(H2,21,22,23);1H. The van der Waals surface area contributed by atoms with E-state index in [0.29, 0.717) is 37.6 Å². The van der Waals surface area contributed by atoms with E-state index in [2.05, 4.69) is 15.6 Å². The molecule has 0 spiro atoms. The minimum Gasteiger partial charge on any atom is -0.372 e. The van der Waals surface area contributed by atoms with E-state index in [0.717, 1.165) is 5.56 Å². The number of rotatable bonds is 4. The van der Waals surface area contributed by atoms with Gasteiger partial charge < -0.3 is 20.3 Å². The smallest absolute Gasteiger partial charge is 0.254 e. The number of sulfone groups is 1. The fraction of sp³-hybridized carbons (Fsp3) is 0.600. The van der Waals surface area contributed by atoms with Crippen LogP contribution in [0.1, 0.15) is 36.2 Å². The van der Waals surface area contributed by atoms with Crippen molar-refractivity contribution >= 4 is 45.7 Å². The van der Waals surface area contributed by atoms with E-state index in [-0.39, 0.29) is 59.6 Å². The zero-order valence-electron chi connectivity index (χ0n) is 17.6. The third-order valence-corrected chi connectivity index (χ3v) is 6.93. The number of carbonyl (C=O) groups is 1. The molecular weight excluding hydrogens is 519 g/mol. The largest absolute Gasteiger partial charge is 0.372 e. The second kappa shape index (κ2) is 10.8. The molecule has 3 rings (SSSR count). The fourth-order valence-corrected chi connectivity index (χ4v) is 5.45. The number of amides is 1. The maximum absolute atomic E-state index is 12.7. The highest BCUT2D eigenvalue weighted by Crippen LogP contribution is 2.15. The van der Waals surface area contributed by atoms with Crippen molar-refractivity contribution in [3.63, 3.8) is 0 Å². The van der Waals surface area contributed by atoms with Crippen LogP contribution < -0.4 is 10.6 Å². The molecule has 2 N–H and O–H groups in total. The first-order valence-electron chi connectivity index (χ1n) is 9.97. The molecule has 0 aromatic heterocycles. The number of halogens is 1. The Morgan fingerprint density at radius 3 is 2.37 bits per heavy atom. The maximum atomic E-state index is 12.7. The average Bonchev–Trinajstić information content (AvgIpc) is 3.02. The molecule has 2 aliphatic heterocycles. The Bertz CT molecular complexity index is 850. The first kappa shape index (κ1) is 24.9. The van der Waals surface area contributed by atoms with Gasteiger partial charge in [-0.15, -0.1) is 24.0 Å². The number of nitrogens with zero attached hydrogens (tertiary/aromatic N) is 2. The van der Waals surface area contributed by atoms with Gasteiger partial charge in [-0.3, -0.25) is 9.79 Å². The number of hydrogen-bond acceptors (Lipinski definition) is 5. The molecule has 0 radical (unpaired) electrons. The number of benzene rings is 1. The number of hydrogen-bond donors (Lipinski definition) is 2. The zero-order valence-corrected chi connectivity index (χ0v) is 20.8. The molecule has 2 saturated heterocycles. The minimum absolute atomic E-state index is 0. The number of morpholine rings is 1. The minimum atomic E-state index is -2.93. The lowest BCUT2D eigenvalue weighted by molar-refractivity contribution is -0.0586. The highest BCUT2D eigenvalue weighted by Gasteiger charge is 2.28. The molecule has 168 valence electrons. The van der Waals surface area contributed by atoms with Gasteiger partial charge in [0, 0.05) is 38.3 Å². The predicted molar refractivity (Wildman–Crippen MR) is 128 cm³/mol. The van der Waals surface area contributed by atoms with Gasteiger partial charge in [-0.2, -0.15) is 0 Å². The molecule has 3 unspecified atom stereocenters. The third kappa shape index (κ3) is 6.81. The van der Waals surface area contributed by atoms with E-state index in [4.69, 9.17) is 4.74 Å². The molecule has 10 heteroatoms. The van der Waals surface area contributed by atoms with E-state index in [1.54, 1.807) is 7.05 Å². The van der Waals surface area contributed by atoms with Gasteiger partial charge in [-0.1, -0.05) is 12.1 Å². The lowest BCUT2D eigenvalue weighted by Crippen LogP contribution is -2.48. The summed E-state index contributed by atoms with van der Waals surface area (Å²) in [5, 5.41) is 6.36. The lowest BCUT2D eigenvalue weighted by Gasteiger charge is -2.35. The monoisotopic (exact) mass is 550 g/mol. The van der Waals surface area contributed by atoms with Crippen LogP contribution >= 0.6 is 24.0 Å². The van der Waals surface area contributed by atoms with Crippen molar-refractivity contribution in [3.8, 4) is 0 Å². The lowest BCUT2D eigenvalue weighted by atomic mass is 10.1. The van der Waals surface area contributed by atoms with Crippen LogP contribution in [0.3, 0.4) is 0 Å². The van der Waals surface area contributed by atoms with Crippen molar-refractivity contribution in [2.24, 2.45) is 4.99 Å². The Morgan fingerprint density at radius 1 is 1.20 bits per heavy atom. The first-order valence-corrected chi connectivity index (χ1v) is 11.8. The first-order chi connectivity index (χ1) is 13.8. The molecular formula is C20H31IN4O4S. The highest BCUT2D eigenvalue weighted by molar-refractivity contribution is 14.0. The highest BCUT2D eigenvalue weighted by atomic mass is 127. The number of aliphatic imine (C=N–C) groups is 1. The van der Waals surface area contributed by atoms with Gasteiger partial charge >= 0.3 is 0 Å². The summed E-state index contributed by atoms with van der Waals surface area (Å²) in [5.74, 6) is 0.955. The van der Waals surface area contributed by atoms with Gasteiger partial charge in [0.25, 0.3) is 5.91 Å². The second-order valence-corrected chi connectivity index (χ2v) is 10.1. The number of nitrogens with one attached hydrogen (secondary N) is 2. The fourth-order valence-electron chi connectivity index (χ4n) is 3.77. The summed E-state index contributed by atoms with van der Waals surface area (Å²) in [4.78, 5) is 18.7. The van der Waals surface area contributed by atoms with Crippen LogP contribution in [0.4, 0.5) is 0 Å². The molecule has 2 aliphatic rings. The quantitative estimate of drug-likeness (QED) is 0.334. The Labute approximate surface area is 195 Å². The van der Waals surface area contributed by atoms with Crippen molar-refractivity contribution in [1.82, 2.24) is 15.5 Å². The van der Waals surface area contributed by atoms with Crippen LogP contribution in [0.5, 0.6) is 0 Å². The van der Waals surface area contributed by atoms with Crippen LogP contribution in [0, 0.1) is 0 Å². The molecule has 0 bridgehead atoms. The van der Waals surface area contributed by atoms with Gasteiger partial charge in [-0.25, -0.2) is 8.42 Å². The molecule has 30 heavy (non-hydrogen) atoms. The van der Waals surface area contributed by atoms with Crippen molar-refractivity contribution in [2.75, 3.05) is 31.6 Å². The summed E-state index contributed by atoms with van der Waals surface area (Å²) < 4.78 is 28.9. The Hall–Kier alpha value is -1.40. The van der Waals surface area contributed by atoms with E-state index in [1.165, 1.54) is 0 Å². The third-order valence-electron chi connectivity index (χ3n) is 5.16. The summed E-state index contributed by atoms with van der Waals surface area (Å²) >= 11 is 0. The average molecular weight is 550 g/mol.